The first-order valence-electron chi connectivity index (χ1n) is 15.9. The normalized spacial score (nSPS) is 18.4. The summed E-state index contributed by atoms with van der Waals surface area (Å²) in [6, 6.07) is 15.5. The summed E-state index contributed by atoms with van der Waals surface area (Å²) < 4.78 is 15.4. The van der Waals surface area contributed by atoms with Gasteiger partial charge in [-0.25, -0.2) is 9.59 Å². The molecule has 1 aliphatic heterocycles. The second-order valence-electron chi connectivity index (χ2n) is 13.2. The van der Waals surface area contributed by atoms with Gasteiger partial charge < -0.3 is 30.2 Å². The summed E-state index contributed by atoms with van der Waals surface area (Å²) in [4.78, 5) is 58.0. The van der Waals surface area contributed by atoms with Gasteiger partial charge in [-0.3, -0.25) is 14.5 Å². The van der Waals surface area contributed by atoms with Gasteiger partial charge in [-0.2, -0.15) is 0 Å². The average Bonchev–Trinajstić information content (AvgIpc) is 3.26. The topological polar surface area (TPSA) is 148 Å². The van der Waals surface area contributed by atoms with E-state index in [-0.39, 0.29) is 42.7 Å². The van der Waals surface area contributed by atoms with Crippen LogP contribution in [0, 0.1) is 5.92 Å². The minimum Gasteiger partial charge on any atom is -0.497 e. The molecule has 3 rings (SSSR count). The SMILES string of the molecule is COC(=O)N[C@@H](Cc1ccc(OC)cc1)C(=O)N[C@@H](C)CCCN1C(=O)[C@@](CC(C)C)(c2ccccc2)N/C1=N\C(=O)OC(C)(C)C. The van der Waals surface area contributed by atoms with Crippen molar-refractivity contribution in [2.45, 2.75) is 90.4 Å². The minimum absolute atomic E-state index is 0.132. The van der Waals surface area contributed by atoms with Crippen LogP contribution in [0.4, 0.5) is 9.59 Å². The lowest BCUT2D eigenvalue weighted by atomic mass is 9.82. The van der Waals surface area contributed by atoms with Crippen molar-refractivity contribution in [3.8, 4) is 5.75 Å². The van der Waals surface area contributed by atoms with E-state index < -0.39 is 29.4 Å². The number of nitrogens with one attached hydrogen (secondary N) is 3. The quantitative estimate of drug-likeness (QED) is 0.277. The Kier molecular flexibility index (Phi) is 12.8. The lowest BCUT2D eigenvalue weighted by Gasteiger charge is -2.29. The molecule has 1 heterocycles. The third kappa shape index (κ3) is 10.5. The van der Waals surface area contributed by atoms with E-state index in [1.165, 1.54) is 12.0 Å². The molecule has 0 aliphatic carbocycles. The van der Waals surface area contributed by atoms with Gasteiger partial charge in [-0.1, -0.05) is 56.3 Å². The van der Waals surface area contributed by atoms with Crippen LogP contribution in [-0.4, -0.2) is 73.3 Å². The first kappa shape index (κ1) is 36.9. The van der Waals surface area contributed by atoms with Crippen LogP contribution in [0.15, 0.2) is 59.6 Å². The maximum Gasteiger partial charge on any atom is 0.437 e. The molecule has 1 fully saturated rings. The standard InChI is InChI=1S/C35H49N5O7/c1-23(2)22-35(26-14-10-9-11-15-26)30(42)40(31(39-35)38-33(44)47-34(4,5)6)20-12-13-24(3)36-29(41)28(37-32(43)46-8)21-25-16-18-27(45-7)19-17-25/h9-11,14-19,23-24,28H,12-13,20-22H2,1-8H3,(H,36,41)(H,37,43)(H,38,39,44)/t24-,28-,35+/m0/s1. The molecule has 1 aliphatic rings. The van der Waals surface area contributed by atoms with Crippen molar-refractivity contribution in [1.29, 1.82) is 0 Å². The molecule has 3 atom stereocenters. The number of amides is 4. The highest BCUT2D eigenvalue weighted by atomic mass is 16.6. The van der Waals surface area contributed by atoms with Crippen LogP contribution in [0.3, 0.4) is 0 Å². The molecule has 0 unspecified atom stereocenters. The molecular weight excluding hydrogens is 602 g/mol. The summed E-state index contributed by atoms with van der Waals surface area (Å²) in [6.45, 7) is 11.4. The van der Waals surface area contributed by atoms with E-state index in [9.17, 15) is 19.2 Å². The zero-order valence-corrected chi connectivity index (χ0v) is 28.7. The number of nitrogens with zero attached hydrogens (tertiary/aromatic N) is 2. The highest BCUT2D eigenvalue weighted by Crippen LogP contribution is 2.35. The number of hydrogen-bond acceptors (Lipinski definition) is 7. The molecule has 12 heteroatoms. The number of ether oxygens (including phenoxy) is 3. The van der Waals surface area contributed by atoms with Gasteiger partial charge in [0.15, 0.2) is 0 Å². The highest BCUT2D eigenvalue weighted by Gasteiger charge is 2.51. The van der Waals surface area contributed by atoms with Crippen LogP contribution in [0.1, 0.15) is 71.9 Å². The fourth-order valence-corrected chi connectivity index (χ4v) is 5.47. The average molecular weight is 652 g/mol. The first-order valence-corrected chi connectivity index (χ1v) is 15.9. The number of aliphatic imine (C=N–C) groups is 1. The smallest absolute Gasteiger partial charge is 0.437 e. The third-order valence-corrected chi connectivity index (χ3v) is 7.56. The van der Waals surface area contributed by atoms with Gasteiger partial charge in [-0.05, 0) is 76.1 Å². The van der Waals surface area contributed by atoms with Crippen LogP contribution in [0.2, 0.25) is 0 Å². The van der Waals surface area contributed by atoms with Crippen molar-refractivity contribution < 1.29 is 33.4 Å². The van der Waals surface area contributed by atoms with Gasteiger partial charge in [-0.15, -0.1) is 4.99 Å². The van der Waals surface area contributed by atoms with Crippen molar-refractivity contribution in [3.63, 3.8) is 0 Å². The molecule has 0 bridgehead atoms. The second-order valence-corrected chi connectivity index (χ2v) is 13.2. The summed E-state index contributed by atoms with van der Waals surface area (Å²) in [5.74, 6) is 0.380. The zero-order chi connectivity index (χ0) is 34.8. The van der Waals surface area contributed by atoms with Gasteiger partial charge in [0.05, 0.1) is 14.2 Å². The van der Waals surface area contributed by atoms with Gasteiger partial charge in [0.1, 0.15) is 22.9 Å². The number of hydrogen-bond donors (Lipinski definition) is 3. The Labute approximate surface area is 277 Å². The van der Waals surface area contributed by atoms with E-state index in [1.807, 2.05) is 63.2 Å². The van der Waals surface area contributed by atoms with E-state index in [1.54, 1.807) is 40.0 Å². The lowest BCUT2D eigenvalue weighted by Crippen LogP contribution is -2.50. The van der Waals surface area contributed by atoms with Crippen molar-refractivity contribution >= 4 is 30.0 Å². The Balaban J connectivity index is 1.75. The maximum atomic E-state index is 14.2. The minimum atomic E-state index is -1.11. The lowest BCUT2D eigenvalue weighted by molar-refractivity contribution is -0.132. The monoisotopic (exact) mass is 651 g/mol. The predicted octanol–water partition coefficient (Wildman–Crippen LogP) is 4.91. The molecule has 2 aromatic carbocycles. The van der Waals surface area contributed by atoms with Crippen molar-refractivity contribution in [2.24, 2.45) is 10.9 Å². The Morgan fingerprint density at radius 3 is 2.21 bits per heavy atom. The van der Waals surface area contributed by atoms with Crippen LogP contribution < -0.4 is 20.7 Å². The number of benzene rings is 2. The highest BCUT2D eigenvalue weighted by molar-refractivity contribution is 6.11. The zero-order valence-electron chi connectivity index (χ0n) is 28.7. The third-order valence-electron chi connectivity index (χ3n) is 7.56. The van der Waals surface area contributed by atoms with Crippen LogP contribution in [0.5, 0.6) is 5.75 Å². The van der Waals surface area contributed by atoms with Crippen LogP contribution in [-0.2, 0) is 31.0 Å². The van der Waals surface area contributed by atoms with Gasteiger partial charge in [0.25, 0.3) is 5.91 Å². The number of carbonyl (C=O) groups is 4. The molecule has 3 N–H and O–H groups in total. The van der Waals surface area contributed by atoms with Crippen LogP contribution >= 0.6 is 0 Å². The number of rotatable bonds is 13. The summed E-state index contributed by atoms with van der Waals surface area (Å²) in [6.07, 6.45) is 0.204. The Morgan fingerprint density at radius 2 is 1.64 bits per heavy atom. The summed E-state index contributed by atoms with van der Waals surface area (Å²) in [5, 5.41) is 8.88. The number of guanidine groups is 1. The number of alkyl carbamates (subject to hydrolysis) is 1. The molecule has 256 valence electrons. The first-order chi connectivity index (χ1) is 22.2. The molecular formula is C35H49N5O7. The van der Waals surface area contributed by atoms with E-state index in [0.717, 1.165) is 11.1 Å². The molecule has 0 saturated carbocycles. The van der Waals surface area contributed by atoms with Gasteiger partial charge in [0, 0.05) is 19.0 Å². The number of carbonyl (C=O) groups excluding carboxylic acids is 4. The Bertz CT molecular complexity index is 1410. The molecule has 4 amide bonds. The molecule has 47 heavy (non-hydrogen) atoms. The molecule has 0 aromatic heterocycles. The summed E-state index contributed by atoms with van der Waals surface area (Å²) in [7, 11) is 2.81. The van der Waals surface area contributed by atoms with Crippen molar-refractivity contribution in [1.82, 2.24) is 20.9 Å². The van der Waals surface area contributed by atoms with E-state index in [0.29, 0.717) is 25.0 Å². The molecule has 2 aromatic rings. The largest absolute Gasteiger partial charge is 0.497 e. The Hall–Kier alpha value is -4.61. The van der Waals surface area contributed by atoms with E-state index >= 15 is 0 Å². The summed E-state index contributed by atoms with van der Waals surface area (Å²) >= 11 is 0. The number of methoxy groups -OCH3 is 2. The fraction of sp³-hybridized carbons (Fsp3) is 0.514. The van der Waals surface area contributed by atoms with Crippen molar-refractivity contribution in [2.75, 3.05) is 20.8 Å². The van der Waals surface area contributed by atoms with Crippen LogP contribution in [0.25, 0.3) is 0 Å². The molecule has 0 radical (unpaired) electrons. The molecule has 12 nitrogen and oxygen atoms in total. The van der Waals surface area contributed by atoms with Crippen molar-refractivity contribution in [3.05, 3.63) is 65.7 Å². The predicted molar refractivity (Wildman–Crippen MR) is 179 cm³/mol. The van der Waals surface area contributed by atoms with E-state index in [4.69, 9.17) is 14.2 Å². The second kappa shape index (κ2) is 16.3. The maximum absolute atomic E-state index is 14.2. The van der Waals surface area contributed by atoms with Gasteiger partial charge in [0.2, 0.25) is 11.9 Å². The molecule has 0 spiro atoms. The summed E-state index contributed by atoms with van der Waals surface area (Å²) in [5.41, 5.74) is -0.260. The fourth-order valence-electron chi connectivity index (χ4n) is 5.47. The molecule has 1 saturated heterocycles. The van der Waals surface area contributed by atoms with Gasteiger partial charge >= 0.3 is 12.2 Å². The Morgan fingerprint density at radius 1 is 0.979 bits per heavy atom. The van der Waals surface area contributed by atoms with E-state index in [2.05, 4.69) is 20.9 Å².